The average molecular weight is 385 g/mol. The summed E-state index contributed by atoms with van der Waals surface area (Å²) in [4.78, 5) is 24.6. The SMILES string of the molecule is O=C(NCCc1ccc(O)cc1)c1ccc(-c2cc3ccccc3oc2=O)cc1. The van der Waals surface area contributed by atoms with Crippen molar-refractivity contribution in [3.63, 3.8) is 0 Å². The van der Waals surface area contributed by atoms with Gasteiger partial charge in [-0.1, -0.05) is 42.5 Å². The number of para-hydroxylation sites is 1. The quantitative estimate of drug-likeness (QED) is 0.506. The summed E-state index contributed by atoms with van der Waals surface area (Å²) in [5.41, 5.74) is 2.85. The van der Waals surface area contributed by atoms with E-state index in [9.17, 15) is 14.7 Å². The van der Waals surface area contributed by atoms with Gasteiger partial charge in [-0.15, -0.1) is 0 Å². The molecule has 4 aromatic rings. The smallest absolute Gasteiger partial charge is 0.344 e. The van der Waals surface area contributed by atoms with E-state index in [1.807, 2.05) is 30.3 Å². The third-order valence-corrected chi connectivity index (χ3v) is 4.74. The maximum Gasteiger partial charge on any atom is 0.344 e. The molecule has 0 spiro atoms. The van der Waals surface area contributed by atoms with Gasteiger partial charge in [0.2, 0.25) is 0 Å². The van der Waals surface area contributed by atoms with Crippen LogP contribution in [0.25, 0.3) is 22.1 Å². The number of phenols is 1. The van der Waals surface area contributed by atoms with E-state index in [2.05, 4.69) is 5.32 Å². The number of rotatable bonds is 5. The molecule has 29 heavy (non-hydrogen) atoms. The maximum atomic E-state index is 12.3. The molecule has 1 aromatic heterocycles. The standard InChI is InChI=1S/C24H19NO4/c26-20-11-5-16(6-12-20)13-14-25-23(27)18-9-7-17(8-10-18)21-15-19-3-1-2-4-22(19)29-24(21)28/h1-12,15,26H,13-14H2,(H,25,27). The van der Waals surface area contributed by atoms with Crippen molar-refractivity contribution in [3.8, 4) is 16.9 Å². The van der Waals surface area contributed by atoms with Crippen LogP contribution in [0.5, 0.6) is 5.75 Å². The number of benzene rings is 3. The first-order valence-electron chi connectivity index (χ1n) is 9.29. The average Bonchev–Trinajstić information content (AvgIpc) is 2.75. The van der Waals surface area contributed by atoms with Crippen LogP contribution in [0.2, 0.25) is 0 Å². The molecular weight excluding hydrogens is 366 g/mol. The van der Waals surface area contributed by atoms with E-state index in [4.69, 9.17) is 4.42 Å². The number of nitrogens with one attached hydrogen (secondary N) is 1. The number of carbonyl (C=O) groups is 1. The minimum absolute atomic E-state index is 0.180. The summed E-state index contributed by atoms with van der Waals surface area (Å²) in [7, 11) is 0. The predicted octanol–water partition coefficient (Wildman–Crippen LogP) is 4.14. The Morgan fingerprint density at radius 2 is 1.66 bits per heavy atom. The number of hydrogen-bond acceptors (Lipinski definition) is 4. The second kappa shape index (κ2) is 8.02. The fraction of sp³-hybridized carbons (Fsp3) is 0.0833. The number of aromatic hydroxyl groups is 1. The summed E-state index contributed by atoms with van der Waals surface area (Å²) in [6.07, 6.45) is 0.669. The van der Waals surface area contributed by atoms with Gasteiger partial charge < -0.3 is 14.8 Å². The minimum Gasteiger partial charge on any atom is -0.508 e. The van der Waals surface area contributed by atoms with Crippen LogP contribution in [0.1, 0.15) is 15.9 Å². The van der Waals surface area contributed by atoms with Gasteiger partial charge in [0.25, 0.3) is 5.91 Å². The van der Waals surface area contributed by atoms with E-state index in [0.717, 1.165) is 10.9 Å². The van der Waals surface area contributed by atoms with Crippen LogP contribution in [0.4, 0.5) is 0 Å². The molecule has 0 atom stereocenters. The molecule has 0 saturated carbocycles. The Morgan fingerprint density at radius 1 is 0.931 bits per heavy atom. The highest BCUT2D eigenvalue weighted by molar-refractivity contribution is 5.94. The summed E-state index contributed by atoms with van der Waals surface area (Å²) in [6, 6.07) is 22.9. The Balaban J connectivity index is 1.44. The van der Waals surface area contributed by atoms with Crippen molar-refractivity contribution < 1.29 is 14.3 Å². The van der Waals surface area contributed by atoms with Crippen molar-refractivity contribution in [3.05, 3.63) is 100 Å². The molecule has 0 unspecified atom stereocenters. The third kappa shape index (κ3) is 4.19. The molecule has 0 aliphatic heterocycles. The van der Waals surface area contributed by atoms with Crippen LogP contribution >= 0.6 is 0 Å². The summed E-state index contributed by atoms with van der Waals surface area (Å²) < 4.78 is 5.38. The molecule has 4 rings (SSSR count). The first kappa shape index (κ1) is 18.5. The summed E-state index contributed by atoms with van der Waals surface area (Å²) in [5.74, 6) is 0.0409. The van der Waals surface area contributed by atoms with Gasteiger partial charge in [-0.25, -0.2) is 4.79 Å². The number of hydrogen-bond donors (Lipinski definition) is 2. The van der Waals surface area contributed by atoms with Crippen molar-refractivity contribution >= 4 is 16.9 Å². The first-order chi connectivity index (χ1) is 14.1. The van der Waals surface area contributed by atoms with E-state index in [0.29, 0.717) is 35.2 Å². The third-order valence-electron chi connectivity index (χ3n) is 4.74. The zero-order valence-electron chi connectivity index (χ0n) is 15.6. The van der Waals surface area contributed by atoms with Gasteiger partial charge in [-0.05, 0) is 53.9 Å². The maximum absolute atomic E-state index is 12.3. The molecule has 0 radical (unpaired) electrons. The van der Waals surface area contributed by atoms with Crippen LogP contribution in [0.3, 0.4) is 0 Å². The normalized spacial score (nSPS) is 10.8. The van der Waals surface area contributed by atoms with E-state index in [-0.39, 0.29) is 11.7 Å². The van der Waals surface area contributed by atoms with Crippen molar-refractivity contribution in [1.29, 1.82) is 0 Å². The lowest BCUT2D eigenvalue weighted by Crippen LogP contribution is -2.25. The topological polar surface area (TPSA) is 79.5 Å². The number of amides is 1. The highest BCUT2D eigenvalue weighted by Gasteiger charge is 2.10. The molecule has 0 saturated heterocycles. The van der Waals surface area contributed by atoms with Crippen LogP contribution in [0, 0.1) is 0 Å². The molecular formula is C24H19NO4. The lowest BCUT2D eigenvalue weighted by Gasteiger charge is -2.07. The second-order valence-corrected chi connectivity index (χ2v) is 6.74. The molecule has 0 aliphatic carbocycles. The molecule has 2 N–H and O–H groups in total. The minimum atomic E-state index is -0.408. The molecule has 0 bridgehead atoms. The molecule has 3 aromatic carbocycles. The molecule has 144 valence electrons. The zero-order valence-corrected chi connectivity index (χ0v) is 15.6. The Bertz CT molecular complexity index is 1210. The largest absolute Gasteiger partial charge is 0.508 e. The van der Waals surface area contributed by atoms with Gasteiger partial charge in [0.05, 0.1) is 5.56 Å². The molecule has 0 fully saturated rings. The van der Waals surface area contributed by atoms with Crippen molar-refractivity contribution in [2.24, 2.45) is 0 Å². The molecule has 5 heteroatoms. The van der Waals surface area contributed by atoms with E-state index in [1.165, 1.54) is 0 Å². The predicted molar refractivity (Wildman–Crippen MR) is 112 cm³/mol. The summed E-state index contributed by atoms with van der Waals surface area (Å²) in [5, 5.41) is 13.0. The van der Waals surface area contributed by atoms with Crippen LogP contribution in [-0.2, 0) is 6.42 Å². The summed E-state index contributed by atoms with van der Waals surface area (Å²) >= 11 is 0. The Kier molecular flexibility index (Phi) is 5.12. The zero-order chi connectivity index (χ0) is 20.2. The highest BCUT2D eigenvalue weighted by atomic mass is 16.4. The number of phenolic OH excluding ortho intramolecular Hbond substituents is 1. The fourth-order valence-corrected chi connectivity index (χ4v) is 3.15. The highest BCUT2D eigenvalue weighted by Crippen LogP contribution is 2.21. The van der Waals surface area contributed by atoms with Gasteiger partial charge in [0.1, 0.15) is 11.3 Å². The van der Waals surface area contributed by atoms with E-state index >= 15 is 0 Å². The van der Waals surface area contributed by atoms with Crippen molar-refractivity contribution in [2.45, 2.75) is 6.42 Å². The molecule has 1 heterocycles. The first-order valence-corrected chi connectivity index (χ1v) is 9.29. The number of carbonyl (C=O) groups excluding carboxylic acids is 1. The van der Waals surface area contributed by atoms with Crippen molar-refractivity contribution in [1.82, 2.24) is 5.32 Å². The Labute approximate surface area is 167 Å². The van der Waals surface area contributed by atoms with Gasteiger partial charge in [-0.2, -0.15) is 0 Å². The fourth-order valence-electron chi connectivity index (χ4n) is 3.15. The van der Waals surface area contributed by atoms with Gasteiger partial charge >= 0.3 is 5.63 Å². The summed E-state index contributed by atoms with van der Waals surface area (Å²) in [6.45, 7) is 0.486. The van der Waals surface area contributed by atoms with Crippen LogP contribution in [0.15, 0.2) is 88.1 Å². The van der Waals surface area contributed by atoms with E-state index < -0.39 is 5.63 Å². The lowest BCUT2D eigenvalue weighted by molar-refractivity contribution is 0.0954. The van der Waals surface area contributed by atoms with Crippen molar-refractivity contribution in [2.75, 3.05) is 6.54 Å². The molecule has 1 amide bonds. The van der Waals surface area contributed by atoms with Gasteiger partial charge in [0.15, 0.2) is 0 Å². The van der Waals surface area contributed by atoms with Crippen LogP contribution in [-0.4, -0.2) is 17.6 Å². The molecule has 0 aliphatic rings. The van der Waals surface area contributed by atoms with Gasteiger partial charge in [0, 0.05) is 17.5 Å². The van der Waals surface area contributed by atoms with E-state index in [1.54, 1.807) is 48.5 Å². The second-order valence-electron chi connectivity index (χ2n) is 6.74. The monoisotopic (exact) mass is 385 g/mol. The lowest BCUT2D eigenvalue weighted by atomic mass is 10.0. The van der Waals surface area contributed by atoms with Gasteiger partial charge in [-0.3, -0.25) is 4.79 Å². The Hall–Kier alpha value is -3.86. The van der Waals surface area contributed by atoms with Crippen LogP contribution < -0.4 is 10.9 Å². The number of fused-ring (bicyclic) bond motifs is 1. The Morgan fingerprint density at radius 3 is 2.41 bits per heavy atom. The molecule has 5 nitrogen and oxygen atoms in total.